The van der Waals surface area contributed by atoms with Gasteiger partial charge in [-0.15, -0.1) is 0 Å². The zero-order chi connectivity index (χ0) is 10.8. The van der Waals surface area contributed by atoms with Crippen molar-refractivity contribution < 1.29 is 4.42 Å². The van der Waals surface area contributed by atoms with E-state index in [1.54, 1.807) is 12.4 Å². The molecule has 0 aliphatic rings. The van der Waals surface area contributed by atoms with Gasteiger partial charge in [-0.25, -0.2) is 0 Å². The summed E-state index contributed by atoms with van der Waals surface area (Å²) in [5.74, 6) is 1.41. The molecule has 3 heteroatoms. The molecule has 0 bridgehead atoms. The Bertz CT molecular complexity index is 486. The van der Waals surface area contributed by atoms with Crippen LogP contribution in [0.1, 0.15) is 11.3 Å². The Morgan fingerprint density at radius 2 is 2.33 bits per heavy atom. The van der Waals surface area contributed by atoms with E-state index in [9.17, 15) is 0 Å². The molecule has 76 valence electrons. The Balaban J connectivity index is 2.48. The lowest BCUT2D eigenvalue weighted by Gasteiger charge is -1.96. The standard InChI is InChI=1S/C12H12N2O/c1-8-6-11(15-12(8)9(2)13)10-4-3-5-14-7-10/h3-7H,2,13H2,1H3. The number of hydrogen-bond donors (Lipinski definition) is 1. The topological polar surface area (TPSA) is 52.0 Å². The van der Waals surface area contributed by atoms with Crippen molar-refractivity contribution in [1.29, 1.82) is 0 Å². The van der Waals surface area contributed by atoms with Crippen LogP contribution in [-0.4, -0.2) is 4.98 Å². The van der Waals surface area contributed by atoms with Gasteiger partial charge in [0.15, 0.2) is 5.76 Å². The largest absolute Gasteiger partial charge is 0.454 e. The van der Waals surface area contributed by atoms with Crippen molar-refractivity contribution in [1.82, 2.24) is 4.98 Å². The van der Waals surface area contributed by atoms with Crippen LogP contribution in [-0.2, 0) is 0 Å². The van der Waals surface area contributed by atoms with E-state index in [1.165, 1.54) is 0 Å². The summed E-state index contributed by atoms with van der Waals surface area (Å²) in [6.45, 7) is 5.60. The maximum atomic E-state index is 5.60. The van der Waals surface area contributed by atoms with Crippen LogP contribution in [0.15, 0.2) is 41.6 Å². The lowest BCUT2D eigenvalue weighted by Crippen LogP contribution is -1.92. The van der Waals surface area contributed by atoms with Crippen LogP contribution in [0.5, 0.6) is 0 Å². The average Bonchev–Trinajstić information content (AvgIpc) is 2.62. The Hall–Kier alpha value is -2.03. The molecule has 0 fully saturated rings. The molecule has 2 rings (SSSR count). The predicted molar refractivity (Wildman–Crippen MR) is 59.9 cm³/mol. The van der Waals surface area contributed by atoms with E-state index in [4.69, 9.17) is 10.2 Å². The van der Waals surface area contributed by atoms with Crippen molar-refractivity contribution >= 4 is 5.70 Å². The number of nitrogens with two attached hydrogens (primary N) is 1. The summed E-state index contributed by atoms with van der Waals surface area (Å²) in [6.07, 6.45) is 3.48. The Morgan fingerprint density at radius 3 is 2.87 bits per heavy atom. The molecule has 0 aliphatic heterocycles. The molecule has 0 aromatic carbocycles. The van der Waals surface area contributed by atoms with E-state index >= 15 is 0 Å². The van der Waals surface area contributed by atoms with Crippen LogP contribution in [0.4, 0.5) is 0 Å². The molecular formula is C12H12N2O. The second-order valence-electron chi connectivity index (χ2n) is 3.39. The highest BCUT2D eigenvalue weighted by Crippen LogP contribution is 2.26. The van der Waals surface area contributed by atoms with E-state index in [0.717, 1.165) is 16.9 Å². The summed E-state index contributed by atoms with van der Waals surface area (Å²) < 4.78 is 5.60. The van der Waals surface area contributed by atoms with Crippen LogP contribution >= 0.6 is 0 Å². The van der Waals surface area contributed by atoms with Crippen LogP contribution < -0.4 is 5.73 Å². The van der Waals surface area contributed by atoms with Gasteiger partial charge in [-0.05, 0) is 30.7 Å². The molecule has 0 amide bonds. The van der Waals surface area contributed by atoms with Crippen molar-refractivity contribution in [3.05, 3.63) is 48.5 Å². The highest BCUT2D eigenvalue weighted by molar-refractivity contribution is 5.65. The van der Waals surface area contributed by atoms with Crippen LogP contribution in [0.25, 0.3) is 17.0 Å². The summed E-state index contributed by atoms with van der Waals surface area (Å²) >= 11 is 0. The molecule has 0 saturated heterocycles. The smallest absolute Gasteiger partial charge is 0.152 e. The molecule has 2 aromatic heterocycles. The molecule has 2 N–H and O–H groups in total. The van der Waals surface area contributed by atoms with Crippen molar-refractivity contribution in [2.45, 2.75) is 6.92 Å². The Morgan fingerprint density at radius 1 is 1.53 bits per heavy atom. The van der Waals surface area contributed by atoms with Gasteiger partial charge in [-0.3, -0.25) is 4.98 Å². The van der Waals surface area contributed by atoms with E-state index in [-0.39, 0.29) is 0 Å². The molecule has 0 atom stereocenters. The van der Waals surface area contributed by atoms with Crippen LogP contribution in [0, 0.1) is 6.92 Å². The summed E-state index contributed by atoms with van der Waals surface area (Å²) in [7, 11) is 0. The molecule has 0 aliphatic carbocycles. The number of furan rings is 1. The first kappa shape index (κ1) is 9.52. The van der Waals surface area contributed by atoms with Crippen molar-refractivity contribution in [2.75, 3.05) is 0 Å². The maximum absolute atomic E-state index is 5.60. The SMILES string of the molecule is C=C(N)c1oc(-c2cccnc2)cc1C. The van der Waals surface area contributed by atoms with E-state index in [2.05, 4.69) is 11.6 Å². The zero-order valence-corrected chi connectivity index (χ0v) is 8.53. The second kappa shape index (κ2) is 3.61. The van der Waals surface area contributed by atoms with Crippen molar-refractivity contribution in [3.8, 4) is 11.3 Å². The normalized spacial score (nSPS) is 10.2. The van der Waals surface area contributed by atoms with Crippen LogP contribution in [0.2, 0.25) is 0 Å². The first-order chi connectivity index (χ1) is 7.18. The number of pyridine rings is 1. The van der Waals surface area contributed by atoms with E-state index < -0.39 is 0 Å². The van der Waals surface area contributed by atoms with E-state index in [1.807, 2.05) is 25.1 Å². The second-order valence-corrected chi connectivity index (χ2v) is 3.39. The van der Waals surface area contributed by atoms with Gasteiger partial charge < -0.3 is 10.2 Å². The van der Waals surface area contributed by atoms with E-state index in [0.29, 0.717) is 11.5 Å². The molecule has 0 radical (unpaired) electrons. The third-order valence-electron chi connectivity index (χ3n) is 2.16. The number of aromatic nitrogens is 1. The highest BCUT2D eigenvalue weighted by Gasteiger charge is 2.09. The fraction of sp³-hybridized carbons (Fsp3) is 0.0833. The maximum Gasteiger partial charge on any atom is 0.152 e. The molecule has 3 nitrogen and oxygen atoms in total. The van der Waals surface area contributed by atoms with Crippen molar-refractivity contribution in [2.24, 2.45) is 5.73 Å². The van der Waals surface area contributed by atoms with Crippen LogP contribution in [0.3, 0.4) is 0 Å². The minimum Gasteiger partial charge on any atom is -0.454 e. The van der Waals surface area contributed by atoms with Gasteiger partial charge >= 0.3 is 0 Å². The lowest BCUT2D eigenvalue weighted by atomic mass is 10.2. The molecular weight excluding hydrogens is 188 g/mol. The molecule has 0 unspecified atom stereocenters. The summed E-state index contributed by atoms with van der Waals surface area (Å²) in [4.78, 5) is 4.03. The number of nitrogens with zero attached hydrogens (tertiary/aromatic N) is 1. The molecule has 15 heavy (non-hydrogen) atoms. The Kier molecular flexibility index (Phi) is 2.29. The van der Waals surface area contributed by atoms with Gasteiger partial charge in [0.25, 0.3) is 0 Å². The first-order valence-electron chi connectivity index (χ1n) is 4.64. The Labute approximate surface area is 88.2 Å². The monoisotopic (exact) mass is 200 g/mol. The summed E-state index contributed by atoms with van der Waals surface area (Å²) in [6, 6.07) is 5.74. The number of rotatable bonds is 2. The zero-order valence-electron chi connectivity index (χ0n) is 8.53. The minimum atomic E-state index is 0.447. The number of aryl methyl sites for hydroxylation is 1. The fourth-order valence-corrected chi connectivity index (χ4v) is 1.45. The van der Waals surface area contributed by atoms with Gasteiger partial charge in [-0.2, -0.15) is 0 Å². The lowest BCUT2D eigenvalue weighted by molar-refractivity contribution is 0.564. The predicted octanol–water partition coefficient (Wildman–Crippen LogP) is 2.58. The molecule has 0 spiro atoms. The van der Waals surface area contributed by atoms with Gasteiger partial charge in [0.05, 0.1) is 5.70 Å². The minimum absolute atomic E-state index is 0.447. The summed E-state index contributed by atoms with van der Waals surface area (Å²) in [5.41, 5.74) is 7.97. The third-order valence-corrected chi connectivity index (χ3v) is 2.16. The molecule has 2 heterocycles. The van der Waals surface area contributed by atoms with Gasteiger partial charge in [-0.1, -0.05) is 6.58 Å². The quantitative estimate of drug-likeness (QED) is 0.810. The van der Waals surface area contributed by atoms with Gasteiger partial charge in [0, 0.05) is 18.0 Å². The highest BCUT2D eigenvalue weighted by atomic mass is 16.3. The first-order valence-corrected chi connectivity index (χ1v) is 4.64. The van der Waals surface area contributed by atoms with Crippen molar-refractivity contribution in [3.63, 3.8) is 0 Å². The summed E-state index contributed by atoms with van der Waals surface area (Å²) in [5, 5.41) is 0. The average molecular weight is 200 g/mol. The van der Waals surface area contributed by atoms with Gasteiger partial charge in [0.2, 0.25) is 0 Å². The van der Waals surface area contributed by atoms with Gasteiger partial charge in [0.1, 0.15) is 5.76 Å². The molecule has 0 saturated carbocycles. The number of hydrogen-bond acceptors (Lipinski definition) is 3. The fourth-order valence-electron chi connectivity index (χ4n) is 1.45. The molecule has 2 aromatic rings. The third kappa shape index (κ3) is 1.76.